The molecule has 7 atom stereocenters. The van der Waals surface area contributed by atoms with Gasteiger partial charge in [-0.15, -0.1) is 0 Å². The molecule has 3 N–H and O–H groups in total. The third kappa shape index (κ3) is 75.5. The summed E-state index contributed by atoms with van der Waals surface area (Å²) in [4.78, 5) is 73.2. The van der Waals surface area contributed by atoms with Crippen LogP contribution in [-0.4, -0.2) is 96.7 Å². The third-order valence-corrected chi connectivity index (χ3v) is 22.5. The highest BCUT2D eigenvalue weighted by atomic mass is 31.2. The number of carbonyl (C=O) groups is 4. The van der Waals surface area contributed by atoms with E-state index in [1.54, 1.807) is 0 Å². The summed E-state index contributed by atoms with van der Waals surface area (Å²) in [5.41, 5.74) is 0. The van der Waals surface area contributed by atoms with Gasteiger partial charge >= 0.3 is 39.5 Å². The van der Waals surface area contributed by atoms with Crippen molar-refractivity contribution in [3.8, 4) is 0 Å². The van der Waals surface area contributed by atoms with E-state index in [4.69, 9.17) is 37.0 Å². The molecule has 0 amide bonds. The summed E-state index contributed by atoms with van der Waals surface area (Å²) in [5, 5.41) is 10.7. The van der Waals surface area contributed by atoms with Gasteiger partial charge < -0.3 is 33.8 Å². The van der Waals surface area contributed by atoms with E-state index in [0.29, 0.717) is 25.7 Å². The number of phosphoric acid groups is 2. The maximum absolute atomic E-state index is 13.1. The van der Waals surface area contributed by atoms with Gasteiger partial charge in [-0.25, -0.2) is 9.13 Å². The molecule has 0 aromatic heterocycles. The van der Waals surface area contributed by atoms with Crippen LogP contribution in [0.3, 0.4) is 0 Å². The van der Waals surface area contributed by atoms with Crippen LogP contribution in [0.15, 0.2) is 0 Å². The molecule has 0 saturated heterocycles. The predicted molar refractivity (Wildman–Crippen MR) is 428 cm³/mol. The zero-order chi connectivity index (χ0) is 76.5. The number of phosphoric ester groups is 2. The molecule has 19 heteroatoms. The summed E-state index contributed by atoms with van der Waals surface area (Å²) in [6.45, 7) is 12.1. The fraction of sp³-hybridized carbons (Fsp3) is 0.953. The van der Waals surface area contributed by atoms with Gasteiger partial charge in [0.2, 0.25) is 0 Å². The summed E-state index contributed by atoms with van der Waals surface area (Å²) in [6.07, 6.45) is 65.0. The molecule has 0 heterocycles. The molecular formula is C85H166O17P2. The maximum atomic E-state index is 13.1. The standard InChI is InChI=1S/C85H166O17P2/c1-8-11-12-13-14-15-16-17-20-28-33-38-47-54-61-68-85(90)102-81(73-96-83(88)67-60-53-46-41-40-44-51-58-65-78(7)10-3)75-100-104(93,94)98-71-79(86)70-97-103(91,92)99-74-80(72-95-82(87)66-59-52-45-37-32-27-24-23-26-31-36-43-50-57-64-77(6)9-2)101-84(89)69-62-55-48-39-34-29-22-19-18-21-25-30-35-42-49-56-63-76(4)5/h76-81,86H,8-75H2,1-7H3,(H,91,92)(H,93,94)/t77?,78?,79-,80-,81-/m1/s1. The van der Waals surface area contributed by atoms with E-state index in [2.05, 4.69) is 48.5 Å². The van der Waals surface area contributed by atoms with Gasteiger partial charge in [0.05, 0.1) is 26.4 Å². The first-order valence-corrected chi connectivity index (χ1v) is 46.9. The van der Waals surface area contributed by atoms with Crippen LogP contribution < -0.4 is 0 Å². The van der Waals surface area contributed by atoms with Crippen molar-refractivity contribution in [1.82, 2.24) is 0 Å². The molecule has 0 aliphatic rings. The van der Waals surface area contributed by atoms with Gasteiger partial charge in [0.25, 0.3) is 0 Å². The van der Waals surface area contributed by atoms with E-state index in [-0.39, 0.29) is 25.7 Å². The van der Waals surface area contributed by atoms with Crippen molar-refractivity contribution in [2.45, 2.75) is 465 Å². The normalized spacial score (nSPS) is 14.4. The summed E-state index contributed by atoms with van der Waals surface area (Å²) < 4.78 is 68.9. The summed E-state index contributed by atoms with van der Waals surface area (Å²) >= 11 is 0. The lowest BCUT2D eigenvalue weighted by Crippen LogP contribution is -2.30. The Bertz CT molecular complexity index is 2010. The SMILES string of the molecule is CCCCCCCCCCCCCCCCCC(=O)O[C@H](COC(=O)CCCCCCCCCCC(C)CC)COP(=O)(O)OC[C@H](O)COP(=O)(O)OC[C@@H](COC(=O)CCCCCCCCCCCCCCCCC(C)CC)OC(=O)CCCCCCCCCCCCCCCCCCC(C)C. The van der Waals surface area contributed by atoms with Gasteiger partial charge in [-0.1, -0.05) is 395 Å². The Morgan fingerprint density at radius 2 is 0.490 bits per heavy atom. The number of esters is 4. The Balaban J connectivity index is 5.27. The Morgan fingerprint density at radius 1 is 0.279 bits per heavy atom. The second-order valence-corrected chi connectivity index (χ2v) is 34.4. The summed E-state index contributed by atoms with van der Waals surface area (Å²) in [5.74, 6) is 0.333. The number of hydrogen-bond acceptors (Lipinski definition) is 15. The van der Waals surface area contributed by atoms with E-state index in [1.807, 2.05) is 0 Å². The molecule has 0 aliphatic heterocycles. The largest absolute Gasteiger partial charge is 0.472 e. The minimum absolute atomic E-state index is 0.108. The van der Waals surface area contributed by atoms with Gasteiger partial charge in [0, 0.05) is 25.7 Å². The van der Waals surface area contributed by atoms with Crippen LogP contribution in [0, 0.1) is 17.8 Å². The van der Waals surface area contributed by atoms with Crippen LogP contribution in [0.4, 0.5) is 0 Å². The number of rotatable bonds is 83. The lowest BCUT2D eigenvalue weighted by Gasteiger charge is -2.21. The number of ether oxygens (including phenoxy) is 4. The second-order valence-electron chi connectivity index (χ2n) is 31.5. The zero-order valence-electron chi connectivity index (χ0n) is 68.5. The molecule has 0 spiro atoms. The van der Waals surface area contributed by atoms with Crippen molar-refractivity contribution < 1.29 is 80.2 Å². The number of hydrogen-bond donors (Lipinski definition) is 3. The lowest BCUT2D eigenvalue weighted by atomic mass is 9.99. The monoisotopic (exact) mass is 1520 g/mol. The van der Waals surface area contributed by atoms with Gasteiger partial charge in [-0.05, 0) is 43.4 Å². The maximum Gasteiger partial charge on any atom is 0.472 e. The smallest absolute Gasteiger partial charge is 0.462 e. The number of carbonyl (C=O) groups excluding carboxylic acids is 4. The molecule has 0 aliphatic carbocycles. The molecule has 0 radical (unpaired) electrons. The first-order chi connectivity index (χ1) is 50.3. The number of aliphatic hydroxyl groups is 1. The lowest BCUT2D eigenvalue weighted by molar-refractivity contribution is -0.161. The first-order valence-electron chi connectivity index (χ1n) is 43.9. The molecule has 17 nitrogen and oxygen atoms in total. The van der Waals surface area contributed by atoms with Gasteiger partial charge in [0.1, 0.15) is 19.3 Å². The molecule has 0 saturated carbocycles. The van der Waals surface area contributed by atoms with Gasteiger partial charge in [-0.2, -0.15) is 0 Å². The Labute approximate surface area is 638 Å². The molecule has 104 heavy (non-hydrogen) atoms. The van der Waals surface area contributed by atoms with E-state index in [1.165, 1.54) is 257 Å². The minimum Gasteiger partial charge on any atom is -0.462 e. The highest BCUT2D eigenvalue weighted by Crippen LogP contribution is 2.45. The molecule has 0 bridgehead atoms. The number of aliphatic hydroxyl groups excluding tert-OH is 1. The fourth-order valence-corrected chi connectivity index (χ4v) is 14.7. The Morgan fingerprint density at radius 3 is 0.731 bits per heavy atom. The quantitative estimate of drug-likeness (QED) is 0.0222. The van der Waals surface area contributed by atoms with E-state index < -0.39 is 97.5 Å². The molecule has 0 aromatic rings. The van der Waals surface area contributed by atoms with E-state index >= 15 is 0 Å². The van der Waals surface area contributed by atoms with Crippen molar-refractivity contribution in [1.29, 1.82) is 0 Å². The predicted octanol–water partition coefficient (Wildman–Crippen LogP) is 25.7. The van der Waals surface area contributed by atoms with Gasteiger partial charge in [-0.3, -0.25) is 37.3 Å². The first kappa shape index (κ1) is 102. The van der Waals surface area contributed by atoms with Crippen LogP contribution in [0.25, 0.3) is 0 Å². The summed E-state index contributed by atoms with van der Waals surface area (Å²) in [6, 6.07) is 0. The van der Waals surface area contributed by atoms with Crippen LogP contribution in [0.1, 0.15) is 447 Å². The molecule has 618 valence electrons. The average Bonchev–Trinajstić information content (AvgIpc) is 0.979. The molecule has 0 aromatic carbocycles. The topological polar surface area (TPSA) is 237 Å². The molecule has 0 fully saturated rings. The van der Waals surface area contributed by atoms with Crippen molar-refractivity contribution >= 4 is 39.5 Å². The molecular weight excluding hydrogens is 1350 g/mol. The van der Waals surface area contributed by atoms with E-state index in [0.717, 1.165) is 108 Å². The average molecular weight is 1520 g/mol. The van der Waals surface area contributed by atoms with Crippen LogP contribution in [-0.2, 0) is 65.4 Å². The highest BCUT2D eigenvalue weighted by molar-refractivity contribution is 7.47. The van der Waals surface area contributed by atoms with Crippen molar-refractivity contribution in [3.05, 3.63) is 0 Å². The summed E-state index contributed by atoms with van der Waals surface area (Å²) in [7, 11) is -9.93. The van der Waals surface area contributed by atoms with Crippen LogP contribution in [0.2, 0.25) is 0 Å². The Hall–Kier alpha value is -1.94. The van der Waals surface area contributed by atoms with Crippen molar-refractivity contribution in [3.63, 3.8) is 0 Å². The minimum atomic E-state index is -4.97. The highest BCUT2D eigenvalue weighted by Gasteiger charge is 2.30. The van der Waals surface area contributed by atoms with Crippen molar-refractivity contribution in [2.75, 3.05) is 39.6 Å². The van der Waals surface area contributed by atoms with E-state index in [9.17, 15) is 43.2 Å². The fourth-order valence-electron chi connectivity index (χ4n) is 13.1. The van der Waals surface area contributed by atoms with Crippen LogP contribution in [0.5, 0.6) is 0 Å². The zero-order valence-corrected chi connectivity index (χ0v) is 70.3. The Kier molecular flexibility index (Phi) is 73.7. The van der Waals surface area contributed by atoms with Crippen LogP contribution >= 0.6 is 15.6 Å². The third-order valence-electron chi connectivity index (χ3n) is 20.6. The molecule has 4 unspecified atom stereocenters. The number of unbranched alkanes of at least 4 members (excludes halogenated alkanes) is 49. The second kappa shape index (κ2) is 75.1. The van der Waals surface area contributed by atoms with Crippen molar-refractivity contribution in [2.24, 2.45) is 17.8 Å². The van der Waals surface area contributed by atoms with Gasteiger partial charge in [0.15, 0.2) is 12.2 Å². The molecule has 0 rings (SSSR count).